The van der Waals surface area contributed by atoms with Crippen molar-refractivity contribution >= 4 is 18.3 Å². The number of nitrogens with one attached hydrogen (secondary N) is 1. The molecule has 3 rings (SSSR count). The maximum atomic E-state index is 12.5. The maximum absolute atomic E-state index is 12.5. The predicted molar refractivity (Wildman–Crippen MR) is 76.1 cm³/mol. The van der Waals surface area contributed by atoms with Gasteiger partial charge in [0, 0.05) is 25.5 Å². The number of rotatable bonds is 2. The summed E-state index contributed by atoms with van der Waals surface area (Å²) < 4.78 is 0. The van der Waals surface area contributed by atoms with Crippen LogP contribution < -0.4 is 5.32 Å². The number of carbonyl (C=O) groups excluding carboxylic acids is 1. The molecule has 2 aliphatic rings. The lowest BCUT2D eigenvalue weighted by Crippen LogP contribution is -2.36. The van der Waals surface area contributed by atoms with Crippen molar-refractivity contribution in [3.8, 4) is 0 Å². The summed E-state index contributed by atoms with van der Waals surface area (Å²) in [5, 5.41) is 3.27. The number of aromatic nitrogens is 1. The fourth-order valence-electron chi connectivity index (χ4n) is 3.06. The number of hydrogen-bond acceptors (Lipinski definition) is 3. The van der Waals surface area contributed by atoms with Crippen LogP contribution in [0.2, 0.25) is 0 Å². The molecule has 104 valence electrons. The molecule has 1 aromatic rings. The maximum Gasteiger partial charge on any atom is 0.227 e. The third kappa shape index (κ3) is 2.90. The van der Waals surface area contributed by atoms with Crippen molar-refractivity contribution in [1.29, 1.82) is 0 Å². The molecule has 0 aliphatic carbocycles. The standard InChI is InChI=1S/C14H19N3O.ClH/c18-14(12-5-8-16-10-12)17-9-1-2-13(17)11-3-6-15-7-4-11;/h3-4,6-7,12-13,16H,1-2,5,8-10H2;1H. The molecular formula is C14H20ClN3O. The second kappa shape index (κ2) is 6.35. The second-order valence-electron chi connectivity index (χ2n) is 5.16. The van der Waals surface area contributed by atoms with Gasteiger partial charge in [-0.15, -0.1) is 12.4 Å². The summed E-state index contributed by atoms with van der Waals surface area (Å²) in [6.07, 6.45) is 6.80. The van der Waals surface area contributed by atoms with Crippen LogP contribution in [-0.4, -0.2) is 35.4 Å². The molecule has 19 heavy (non-hydrogen) atoms. The van der Waals surface area contributed by atoms with E-state index < -0.39 is 0 Å². The molecule has 5 heteroatoms. The highest BCUT2D eigenvalue weighted by Crippen LogP contribution is 2.33. The molecule has 3 heterocycles. The monoisotopic (exact) mass is 281 g/mol. The van der Waals surface area contributed by atoms with E-state index >= 15 is 0 Å². The molecule has 2 fully saturated rings. The Labute approximate surface area is 120 Å². The van der Waals surface area contributed by atoms with E-state index in [1.807, 2.05) is 24.5 Å². The van der Waals surface area contributed by atoms with E-state index in [9.17, 15) is 4.79 Å². The Morgan fingerprint density at radius 1 is 1.32 bits per heavy atom. The van der Waals surface area contributed by atoms with Gasteiger partial charge in [0.1, 0.15) is 0 Å². The number of amides is 1. The molecule has 0 bridgehead atoms. The highest BCUT2D eigenvalue weighted by molar-refractivity contribution is 5.85. The number of likely N-dealkylation sites (tertiary alicyclic amines) is 1. The van der Waals surface area contributed by atoms with Gasteiger partial charge in [0.25, 0.3) is 0 Å². The molecule has 2 unspecified atom stereocenters. The molecular weight excluding hydrogens is 262 g/mol. The topological polar surface area (TPSA) is 45.2 Å². The minimum absolute atomic E-state index is 0. The van der Waals surface area contributed by atoms with Crippen molar-refractivity contribution in [3.63, 3.8) is 0 Å². The zero-order valence-electron chi connectivity index (χ0n) is 10.9. The summed E-state index contributed by atoms with van der Waals surface area (Å²) in [6, 6.07) is 4.33. The Kier molecular flexibility index (Phi) is 4.77. The smallest absolute Gasteiger partial charge is 0.227 e. The van der Waals surface area contributed by atoms with Gasteiger partial charge in [0.2, 0.25) is 5.91 Å². The lowest BCUT2D eigenvalue weighted by molar-refractivity contribution is -0.135. The first-order chi connectivity index (χ1) is 8.86. The summed E-state index contributed by atoms with van der Waals surface area (Å²) in [5.74, 6) is 0.520. The molecule has 2 saturated heterocycles. The van der Waals surface area contributed by atoms with Gasteiger partial charge in [-0.1, -0.05) is 0 Å². The summed E-state index contributed by atoms with van der Waals surface area (Å²) in [7, 11) is 0. The van der Waals surface area contributed by atoms with Crippen molar-refractivity contribution in [2.24, 2.45) is 5.92 Å². The van der Waals surface area contributed by atoms with Crippen molar-refractivity contribution in [3.05, 3.63) is 30.1 Å². The quantitative estimate of drug-likeness (QED) is 0.899. The number of pyridine rings is 1. The van der Waals surface area contributed by atoms with Gasteiger partial charge < -0.3 is 10.2 Å². The zero-order valence-corrected chi connectivity index (χ0v) is 11.7. The molecule has 2 aliphatic heterocycles. The van der Waals surface area contributed by atoms with Crippen LogP contribution >= 0.6 is 12.4 Å². The van der Waals surface area contributed by atoms with E-state index in [1.165, 1.54) is 5.56 Å². The van der Waals surface area contributed by atoms with Gasteiger partial charge in [-0.05, 0) is 43.5 Å². The first kappa shape index (κ1) is 14.3. The van der Waals surface area contributed by atoms with E-state index in [0.29, 0.717) is 5.91 Å². The molecule has 0 radical (unpaired) electrons. The fraction of sp³-hybridized carbons (Fsp3) is 0.571. The van der Waals surface area contributed by atoms with Crippen LogP contribution in [0.3, 0.4) is 0 Å². The minimum atomic E-state index is 0. The van der Waals surface area contributed by atoms with Gasteiger partial charge in [-0.2, -0.15) is 0 Å². The first-order valence-electron chi connectivity index (χ1n) is 6.77. The van der Waals surface area contributed by atoms with E-state index in [-0.39, 0.29) is 24.4 Å². The number of carbonyl (C=O) groups is 1. The van der Waals surface area contributed by atoms with Gasteiger partial charge in [0.05, 0.1) is 12.0 Å². The van der Waals surface area contributed by atoms with E-state index in [4.69, 9.17) is 0 Å². The van der Waals surface area contributed by atoms with Crippen LogP contribution in [0, 0.1) is 5.92 Å². The molecule has 1 N–H and O–H groups in total. The molecule has 4 nitrogen and oxygen atoms in total. The lowest BCUT2D eigenvalue weighted by Gasteiger charge is -2.27. The zero-order chi connectivity index (χ0) is 12.4. The lowest BCUT2D eigenvalue weighted by atomic mass is 10.0. The Balaban J connectivity index is 0.00000133. The van der Waals surface area contributed by atoms with Gasteiger partial charge in [-0.25, -0.2) is 0 Å². The average molecular weight is 282 g/mol. The van der Waals surface area contributed by atoms with Crippen LogP contribution in [0.15, 0.2) is 24.5 Å². The number of nitrogens with zero attached hydrogens (tertiary/aromatic N) is 2. The van der Waals surface area contributed by atoms with Crippen molar-refractivity contribution in [1.82, 2.24) is 15.2 Å². The molecule has 0 saturated carbocycles. The molecule has 0 spiro atoms. The fourth-order valence-corrected chi connectivity index (χ4v) is 3.06. The Bertz CT molecular complexity index is 420. The van der Waals surface area contributed by atoms with Crippen LogP contribution in [-0.2, 0) is 4.79 Å². The molecule has 2 atom stereocenters. The highest BCUT2D eigenvalue weighted by Gasteiger charge is 2.34. The van der Waals surface area contributed by atoms with Gasteiger partial charge >= 0.3 is 0 Å². The van der Waals surface area contributed by atoms with Gasteiger partial charge in [0.15, 0.2) is 0 Å². The normalized spacial score (nSPS) is 26.2. The van der Waals surface area contributed by atoms with Crippen LogP contribution in [0.25, 0.3) is 0 Å². The van der Waals surface area contributed by atoms with Crippen molar-refractivity contribution < 1.29 is 4.79 Å². The van der Waals surface area contributed by atoms with Crippen molar-refractivity contribution in [2.45, 2.75) is 25.3 Å². The summed E-state index contributed by atoms with van der Waals surface area (Å²) >= 11 is 0. The summed E-state index contributed by atoms with van der Waals surface area (Å²) in [5.41, 5.74) is 1.22. The van der Waals surface area contributed by atoms with Crippen molar-refractivity contribution in [2.75, 3.05) is 19.6 Å². The molecule has 0 aromatic carbocycles. The Morgan fingerprint density at radius 3 is 2.79 bits per heavy atom. The van der Waals surface area contributed by atoms with Crippen LogP contribution in [0.1, 0.15) is 30.9 Å². The van der Waals surface area contributed by atoms with E-state index in [0.717, 1.165) is 38.9 Å². The molecule has 1 amide bonds. The number of halogens is 1. The second-order valence-corrected chi connectivity index (χ2v) is 5.16. The highest BCUT2D eigenvalue weighted by atomic mass is 35.5. The summed E-state index contributed by atoms with van der Waals surface area (Å²) in [6.45, 7) is 2.73. The van der Waals surface area contributed by atoms with E-state index in [1.54, 1.807) is 0 Å². The average Bonchev–Trinajstić information content (AvgIpc) is 3.10. The van der Waals surface area contributed by atoms with Crippen LogP contribution in [0.5, 0.6) is 0 Å². The Hall–Kier alpha value is -1.13. The third-order valence-corrected chi connectivity index (χ3v) is 4.04. The largest absolute Gasteiger partial charge is 0.335 e. The minimum Gasteiger partial charge on any atom is -0.335 e. The van der Waals surface area contributed by atoms with Crippen LogP contribution in [0.4, 0.5) is 0 Å². The van der Waals surface area contributed by atoms with Gasteiger partial charge in [-0.3, -0.25) is 9.78 Å². The molecule has 1 aromatic heterocycles. The van der Waals surface area contributed by atoms with E-state index in [2.05, 4.69) is 15.2 Å². The number of hydrogen-bond donors (Lipinski definition) is 1. The predicted octanol–water partition coefficient (Wildman–Crippen LogP) is 1.78. The Morgan fingerprint density at radius 2 is 2.11 bits per heavy atom. The first-order valence-corrected chi connectivity index (χ1v) is 6.77. The summed E-state index contributed by atoms with van der Waals surface area (Å²) in [4.78, 5) is 18.6. The third-order valence-electron chi connectivity index (χ3n) is 4.04. The SMILES string of the molecule is Cl.O=C(C1CCNC1)N1CCCC1c1ccncc1.